The predicted molar refractivity (Wildman–Crippen MR) is 87.1 cm³/mol. The lowest BCUT2D eigenvalue weighted by Crippen LogP contribution is -3.12. The van der Waals surface area contributed by atoms with Crippen LogP contribution in [0, 0.1) is 0 Å². The van der Waals surface area contributed by atoms with Gasteiger partial charge in [0, 0.05) is 5.56 Å². The molecule has 122 valence electrons. The number of rotatable bonds is 8. The molecule has 1 fully saturated rings. The number of carbonyl (C=O) groups is 1. The maximum Gasteiger partial charge on any atom is 0.161 e. The highest BCUT2D eigenvalue weighted by molar-refractivity contribution is 5.94. The molecular formula is C18H28NO3+. The molecule has 1 aliphatic rings. The van der Waals surface area contributed by atoms with Crippen LogP contribution in [0.15, 0.2) is 18.2 Å². The Labute approximate surface area is 133 Å². The second-order valence-corrected chi connectivity index (χ2v) is 6.04. The Morgan fingerprint density at radius 1 is 1.14 bits per heavy atom. The van der Waals surface area contributed by atoms with Crippen LogP contribution >= 0.6 is 0 Å². The molecule has 1 aromatic rings. The van der Waals surface area contributed by atoms with Crippen LogP contribution in [0.4, 0.5) is 0 Å². The Kier molecular flexibility index (Phi) is 6.72. The smallest absolute Gasteiger partial charge is 0.161 e. The summed E-state index contributed by atoms with van der Waals surface area (Å²) >= 11 is 0. The van der Waals surface area contributed by atoms with E-state index in [-0.39, 0.29) is 5.78 Å². The first kappa shape index (κ1) is 16.8. The van der Waals surface area contributed by atoms with Crippen LogP contribution < -0.4 is 14.4 Å². The van der Waals surface area contributed by atoms with Crippen LogP contribution in [0.5, 0.6) is 11.5 Å². The van der Waals surface area contributed by atoms with E-state index in [9.17, 15) is 4.79 Å². The van der Waals surface area contributed by atoms with Crippen molar-refractivity contribution in [2.24, 2.45) is 0 Å². The molecule has 0 amide bonds. The van der Waals surface area contributed by atoms with Crippen molar-refractivity contribution in [2.45, 2.75) is 39.0 Å². The fourth-order valence-corrected chi connectivity index (χ4v) is 2.97. The van der Waals surface area contributed by atoms with Crippen molar-refractivity contribution in [3.63, 3.8) is 0 Å². The highest BCUT2D eigenvalue weighted by Gasteiger charge is 2.12. The van der Waals surface area contributed by atoms with Gasteiger partial charge in [0.2, 0.25) is 0 Å². The topological polar surface area (TPSA) is 40.0 Å². The lowest BCUT2D eigenvalue weighted by atomic mass is 10.1. The zero-order valence-electron chi connectivity index (χ0n) is 13.8. The second-order valence-electron chi connectivity index (χ2n) is 6.04. The van der Waals surface area contributed by atoms with Gasteiger partial charge in [0.15, 0.2) is 17.3 Å². The molecular weight excluding hydrogens is 278 g/mol. The monoisotopic (exact) mass is 306 g/mol. The number of likely N-dealkylation sites (tertiary alicyclic amines) is 1. The maximum absolute atomic E-state index is 11.4. The number of hydrogen-bond acceptors (Lipinski definition) is 3. The van der Waals surface area contributed by atoms with E-state index in [2.05, 4.69) is 0 Å². The van der Waals surface area contributed by atoms with Gasteiger partial charge in [0.25, 0.3) is 0 Å². The number of ketones is 1. The number of piperidine rings is 1. The van der Waals surface area contributed by atoms with Gasteiger partial charge < -0.3 is 14.4 Å². The molecule has 1 aromatic carbocycles. The van der Waals surface area contributed by atoms with Crippen LogP contribution in [0.3, 0.4) is 0 Å². The first-order valence-electron chi connectivity index (χ1n) is 8.36. The molecule has 1 aliphatic heterocycles. The lowest BCUT2D eigenvalue weighted by Gasteiger charge is -2.23. The van der Waals surface area contributed by atoms with Gasteiger partial charge in [0.1, 0.15) is 0 Å². The molecule has 0 spiro atoms. The molecule has 4 heteroatoms. The van der Waals surface area contributed by atoms with E-state index < -0.39 is 0 Å². The van der Waals surface area contributed by atoms with Gasteiger partial charge in [-0.1, -0.05) is 0 Å². The number of benzene rings is 1. The fourth-order valence-electron chi connectivity index (χ4n) is 2.97. The Balaban J connectivity index is 1.73. The highest BCUT2D eigenvalue weighted by atomic mass is 16.5. The summed E-state index contributed by atoms with van der Waals surface area (Å²) in [7, 11) is 1.60. The van der Waals surface area contributed by atoms with E-state index >= 15 is 0 Å². The minimum Gasteiger partial charge on any atom is -0.493 e. The van der Waals surface area contributed by atoms with Crippen molar-refractivity contribution in [1.82, 2.24) is 0 Å². The Morgan fingerprint density at radius 3 is 2.59 bits per heavy atom. The molecule has 22 heavy (non-hydrogen) atoms. The summed E-state index contributed by atoms with van der Waals surface area (Å²) in [5, 5.41) is 0. The molecule has 0 bridgehead atoms. The van der Waals surface area contributed by atoms with E-state index in [4.69, 9.17) is 9.47 Å². The molecule has 0 aromatic heterocycles. The van der Waals surface area contributed by atoms with Crippen molar-refractivity contribution >= 4 is 5.78 Å². The van der Waals surface area contributed by atoms with Gasteiger partial charge in [-0.2, -0.15) is 0 Å². The first-order valence-corrected chi connectivity index (χ1v) is 8.36. The van der Waals surface area contributed by atoms with Gasteiger partial charge in [-0.05, 0) is 57.2 Å². The van der Waals surface area contributed by atoms with Gasteiger partial charge in [-0.15, -0.1) is 0 Å². The van der Waals surface area contributed by atoms with Crippen molar-refractivity contribution in [2.75, 3.05) is 33.4 Å². The zero-order chi connectivity index (χ0) is 15.8. The number of ether oxygens (including phenoxy) is 2. The number of methoxy groups -OCH3 is 1. The SMILES string of the molecule is COc1cc(C(C)=O)ccc1OCCCC[NH+]1CCCCC1. The Morgan fingerprint density at radius 2 is 1.91 bits per heavy atom. The molecule has 1 N–H and O–H groups in total. The predicted octanol–water partition coefficient (Wildman–Crippen LogP) is 2.13. The third-order valence-electron chi connectivity index (χ3n) is 4.31. The molecule has 0 aliphatic carbocycles. The minimum absolute atomic E-state index is 0.0364. The third kappa shape index (κ3) is 5.02. The summed E-state index contributed by atoms with van der Waals surface area (Å²) in [6, 6.07) is 5.36. The Bertz CT molecular complexity index is 481. The van der Waals surface area contributed by atoms with Crippen LogP contribution in [-0.2, 0) is 0 Å². The molecule has 0 unspecified atom stereocenters. The normalized spacial score (nSPS) is 15.5. The van der Waals surface area contributed by atoms with E-state index in [1.165, 1.54) is 45.3 Å². The van der Waals surface area contributed by atoms with E-state index in [1.807, 2.05) is 6.07 Å². The van der Waals surface area contributed by atoms with Crippen molar-refractivity contribution in [3.8, 4) is 11.5 Å². The van der Waals surface area contributed by atoms with E-state index in [0.29, 0.717) is 17.9 Å². The molecule has 1 heterocycles. The van der Waals surface area contributed by atoms with Gasteiger partial charge in [0.05, 0.1) is 33.4 Å². The number of hydrogen-bond donors (Lipinski definition) is 1. The van der Waals surface area contributed by atoms with Gasteiger partial charge >= 0.3 is 0 Å². The number of carbonyl (C=O) groups excluding carboxylic acids is 1. The van der Waals surface area contributed by atoms with Crippen molar-refractivity contribution in [3.05, 3.63) is 23.8 Å². The average molecular weight is 306 g/mol. The van der Waals surface area contributed by atoms with Crippen molar-refractivity contribution < 1.29 is 19.2 Å². The number of Topliss-reactive ketones (excluding diaryl/α,β-unsaturated/α-hetero) is 1. The third-order valence-corrected chi connectivity index (χ3v) is 4.31. The van der Waals surface area contributed by atoms with E-state index in [0.717, 1.165) is 12.2 Å². The zero-order valence-corrected chi connectivity index (χ0v) is 13.8. The standard InChI is InChI=1S/C18H27NO3/c1-15(20)16-8-9-17(18(14-16)21-2)22-13-7-6-12-19-10-4-3-5-11-19/h8-9,14H,3-7,10-13H2,1-2H3/p+1. The highest BCUT2D eigenvalue weighted by Crippen LogP contribution is 2.28. The molecule has 2 rings (SSSR count). The Hall–Kier alpha value is -1.55. The fraction of sp³-hybridized carbons (Fsp3) is 0.611. The van der Waals surface area contributed by atoms with Crippen molar-refractivity contribution in [1.29, 1.82) is 0 Å². The minimum atomic E-state index is 0.0364. The van der Waals surface area contributed by atoms with Crippen LogP contribution in [0.1, 0.15) is 49.4 Å². The number of unbranched alkanes of at least 4 members (excludes halogenated alkanes) is 1. The second kappa shape index (κ2) is 8.79. The van der Waals surface area contributed by atoms with Crippen LogP contribution in [0.25, 0.3) is 0 Å². The summed E-state index contributed by atoms with van der Waals surface area (Å²) in [6.07, 6.45) is 6.42. The van der Waals surface area contributed by atoms with Crippen LogP contribution in [0.2, 0.25) is 0 Å². The van der Waals surface area contributed by atoms with E-state index in [1.54, 1.807) is 31.1 Å². The van der Waals surface area contributed by atoms with Crippen LogP contribution in [-0.4, -0.2) is 39.1 Å². The lowest BCUT2D eigenvalue weighted by molar-refractivity contribution is -0.905. The summed E-state index contributed by atoms with van der Waals surface area (Å²) in [5.74, 6) is 1.39. The first-order chi connectivity index (χ1) is 10.7. The maximum atomic E-state index is 11.4. The number of nitrogens with one attached hydrogen (secondary N) is 1. The molecule has 0 atom stereocenters. The average Bonchev–Trinajstić information content (AvgIpc) is 2.55. The summed E-state index contributed by atoms with van der Waals surface area (Å²) in [6.45, 7) is 6.17. The molecule has 4 nitrogen and oxygen atoms in total. The summed E-state index contributed by atoms with van der Waals surface area (Å²) in [4.78, 5) is 13.1. The quantitative estimate of drug-likeness (QED) is 0.591. The molecule has 0 saturated carbocycles. The van der Waals surface area contributed by atoms with Gasteiger partial charge in [-0.3, -0.25) is 4.79 Å². The number of quaternary nitrogens is 1. The summed E-state index contributed by atoms with van der Waals surface area (Å²) in [5.41, 5.74) is 0.651. The molecule has 0 radical (unpaired) electrons. The largest absolute Gasteiger partial charge is 0.493 e. The summed E-state index contributed by atoms with van der Waals surface area (Å²) < 4.78 is 11.1. The molecule has 1 saturated heterocycles. The van der Waals surface area contributed by atoms with Gasteiger partial charge in [-0.25, -0.2) is 0 Å².